The molecule has 1 fully saturated rings. The fourth-order valence-corrected chi connectivity index (χ4v) is 5.43. The predicted molar refractivity (Wildman–Crippen MR) is 153 cm³/mol. The van der Waals surface area contributed by atoms with Crippen LogP contribution < -0.4 is 5.32 Å². The Bertz CT molecular complexity index is 1700. The molecule has 0 radical (unpaired) electrons. The van der Waals surface area contributed by atoms with Crippen molar-refractivity contribution in [3.63, 3.8) is 0 Å². The smallest absolute Gasteiger partial charge is 0.337 e. The van der Waals surface area contributed by atoms with Gasteiger partial charge in [-0.2, -0.15) is 13.2 Å². The average Bonchev–Trinajstić information content (AvgIpc) is 3.50. The van der Waals surface area contributed by atoms with Gasteiger partial charge in [0.05, 0.1) is 5.56 Å². The van der Waals surface area contributed by atoms with Gasteiger partial charge < -0.3 is 14.8 Å². The van der Waals surface area contributed by atoms with Crippen molar-refractivity contribution in [2.75, 3.05) is 11.9 Å². The molecule has 3 aromatic heterocycles. The van der Waals surface area contributed by atoms with E-state index in [-0.39, 0.29) is 23.4 Å². The van der Waals surface area contributed by atoms with E-state index in [9.17, 15) is 27.6 Å². The number of pyridine rings is 1. The van der Waals surface area contributed by atoms with E-state index in [1.165, 1.54) is 15.5 Å². The number of hydrogen-bond donors (Lipinski definition) is 1. The van der Waals surface area contributed by atoms with Crippen LogP contribution in [-0.4, -0.2) is 60.8 Å². The normalized spacial score (nSPS) is 17.1. The van der Waals surface area contributed by atoms with Gasteiger partial charge in [-0.15, -0.1) is 0 Å². The Hall–Kier alpha value is -4.13. The van der Waals surface area contributed by atoms with Crippen LogP contribution in [0.1, 0.15) is 35.1 Å². The van der Waals surface area contributed by atoms with Crippen molar-refractivity contribution < 1.29 is 27.6 Å². The number of Topliss-reactive ketones (excluding diaryl/α,β-unsaturated/α-hetero) is 1. The zero-order valence-corrected chi connectivity index (χ0v) is 24.5. The molecule has 218 valence electrons. The third kappa shape index (κ3) is 5.91. The summed E-state index contributed by atoms with van der Waals surface area (Å²) in [5.41, 5.74) is 1.53. The van der Waals surface area contributed by atoms with E-state index in [0.29, 0.717) is 40.3 Å². The fourth-order valence-electron chi connectivity index (χ4n) is 5.12. The Morgan fingerprint density at radius 3 is 2.48 bits per heavy atom. The molecule has 0 aliphatic carbocycles. The average molecular weight is 643 g/mol. The third-order valence-electron chi connectivity index (χ3n) is 7.24. The Kier molecular flexibility index (Phi) is 7.88. The number of rotatable bonds is 6. The number of benzene rings is 1. The van der Waals surface area contributed by atoms with Crippen molar-refractivity contribution in [3.05, 3.63) is 70.5 Å². The van der Waals surface area contributed by atoms with Gasteiger partial charge in [-0.05, 0) is 71.4 Å². The number of amides is 2. The molecule has 13 heteroatoms. The van der Waals surface area contributed by atoms with Gasteiger partial charge in [-0.25, -0.2) is 15.0 Å². The van der Waals surface area contributed by atoms with Crippen molar-refractivity contribution in [1.29, 1.82) is 0 Å². The molecule has 42 heavy (non-hydrogen) atoms. The lowest BCUT2D eigenvalue weighted by Gasteiger charge is -2.24. The SMILES string of the molecule is Cc1ncc(-c2ccc3c(c2)c(C(=O)C(F)(F)F)cn3CC(=O)N2CC(C)CC2C(=O)Nc2nc(Br)ccc2C)cn1. The zero-order chi connectivity index (χ0) is 30.3. The number of aromatic nitrogens is 4. The maximum Gasteiger partial charge on any atom is 0.454 e. The summed E-state index contributed by atoms with van der Waals surface area (Å²) < 4.78 is 42.5. The molecule has 0 saturated carbocycles. The molecule has 0 bridgehead atoms. The van der Waals surface area contributed by atoms with Crippen molar-refractivity contribution in [2.45, 2.75) is 46.0 Å². The van der Waals surface area contributed by atoms with E-state index in [0.717, 1.165) is 11.8 Å². The first-order chi connectivity index (χ1) is 19.8. The molecular formula is C29H26BrF3N6O3. The van der Waals surface area contributed by atoms with Gasteiger partial charge >= 0.3 is 6.18 Å². The highest BCUT2D eigenvalue weighted by Gasteiger charge is 2.42. The maximum atomic E-state index is 13.6. The minimum Gasteiger partial charge on any atom is -0.337 e. The van der Waals surface area contributed by atoms with E-state index in [2.05, 4.69) is 36.2 Å². The molecule has 5 rings (SSSR count). The van der Waals surface area contributed by atoms with Crippen molar-refractivity contribution in [1.82, 2.24) is 24.4 Å². The highest BCUT2D eigenvalue weighted by molar-refractivity contribution is 9.10. The molecule has 2 atom stereocenters. The number of aryl methyl sites for hydroxylation is 2. The summed E-state index contributed by atoms with van der Waals surface area (Å²) in [7, 11) is 0. The number of nitrogens with zero attached hydrogens (tertiary/aromatic N) is 5. The summed E-state index contributed by atoms with van der Waals surface area (Å²) in [6.45, 7) is 5.35. The van der Waals surface area contributed by atoms with Gasteiger partial charge in [0, 0.05) is 41.6 Å². The lowest BCUT2D eigenvalue weighted by molar-refractivity contribution is -0.137. The lowest BCUT2D eigenvalue weighted by atomic mass is 10.0. The highest BCUT2D eigenvalue weighted by Crippen LogP contribution is 2.33. The second-order valence-corrected chi connectivity index (χ2v) is 11.3. The van der Waals surface area contributed by atoms with E-state index >= 15 is 0 Å². The molecule has 4 heterocycles. The predicted octanol–water partition coefficient (Wildman–Crippen LogP) is 5.49. The summed E-state index contributed by atoms with van der Waals surface area (Å²) in [6.07, 6.45) is -0.563. The van der Waals surface area contributed by atoms with Crippen molar-refractivity contribution in [2.24, 2.45) is 5.92 Å². The van der Waals surface area contributed by atoms with E-state index < -0.39 is 35.4 Å². The van der Waals surface area contributed by atoms with Gasteiger partial charge in [-0.3, -0.25) is 14.4 Å². The molecule has 1 aliphatic heterocycles. The van der Waals surface area contributed by atoms with E-state index in [1.807, 2.05) is 6.92 Å². The second kappa shape index (κ2) is 11.3. The molecule has 1 aromatic carbocycles. The van der Waals surface area contributed by atoms with Gasteiger partial charge in [0.2, 0.25) is 11.8 Å². The summed E-state index contributed by atoms with van der Waals surface area (Å²) >= 11 is 3.29. The van der Waals surface area contributed by atoms with Crippen LogP contribution in [-0.2, 0) is 16.1 Å². The molecule has 9 nitrogen and oxygen atoms in total. The van der Waals surface area contributed by atoms with Crippen LogP contribution in [0.4, 0.5) is 19.0 Å². The number of hydrogen-bond acceptors (Lipinski definition) is 6. The van der Waals surface area contributed by atoms with E-state index in [4.69, 9.17) is 0 Å². The van der Waals surface area contributed by atoms with E-state index in [1.54, 1.807) is 50.5 Å². The molecule has 2 amide bonds. The van der Waals surface area contributed by atoms with Crippen LogP contribution in [0, 0.1) is 19.8 Å². The first-order valence-corrected chi connectivity index (χ1v) is 13.9. The molecule has 1 N–H and O–H groups in total. The van der Waals surface area contributed by atoms with Crippen LogP contribution in [0.15, 0.2) is 53.5 Å². The third-order valence-corrected chi connectivity index (χ3v) is 7.68. The number of fused-ring (bicyclic) bond motifs is 1. The molecule has 0 spiro atoms. The van der Waals surface area contributed by atoms with Crippen LogP contribution >= 0.6 is 15.9 Å². The molecular weight excluding hydrogens is 617 g/mol. The number of ketones is 1. The Morgan fingerprint density at radius 2 is 1.79 bits per heavy atom. The van der Waals surface area contributed by atoms with Crippen LogP contribution in [0.3, 0.4) is 0 Å². The first-order valence-electron chi connectivity index (χ1n) is 13.1. The molecule has 4 aromatic rings. The number of carbonyl (C=O) groups is 3. The van der Waals surface area contributed by atoms with Crippen LogP contribution in [0.25, 0.3) is 22.0 Å². The van der Waals surface area contributed by atoms with Crippen LogP contribution in [0.5, 0.6) is 0 Å². The number of carbonyl (C=O) groups excluding carboxylic acids is 3. The van der Waals surface area contributed by atoms with Gasteiger partial charge in [0.1, 0.15) is 28.8 Å². The summed E-state index contributed by atoms with van der Waals surface area (Å²) in [5.74, 6) is -1.97. The Labute approximate surface area is 247 Å². The summed E-state index contributed by atoms with van der Waals surface area (Å²) in [4.78, 5) is 53.2. The number of likely N-dealkylation sites (tertiary alicyclic amines) is 1. The topological polar surface area (TPSA) is 110 Å². The lowest BCUT2D eigenvalue weighted by Crippen LogP contribution is -2.44. The number of halogens is 4. The quantitative estimate of drug-likeness (QED) is 0.220. The van der Waals surface area contributed by atoms with Gasteiger partial charge in [-0.1, -0.05) is 19.1 Å². The first kappa shape index (κ1) is 29.4. The number of alkyl halides is 3. The maximum absolute atomic E-state index is 13.6. The zero-order valence-electron chi connectivity index (χ0n) is 22.9. The van der Waals surface area contributed by atoms with Crippen molar-refractivity contribution >= 4 is 50.2 Å². The second-order valence-electron chi connectivity index (χ2n) is 10.4. The molecule has 1 aliphatic rings. The minimum atomic E-state index is -5.11. The number of anilines is 1. The standard InChI is InChI=1S/C29H26BrF3N6O3/c1-15-8-23(28(42)37-27-16(2)4-7-24(30)36-27)39(12-15)25(40)14-38-13-21(26(41)29(31,32)33)20-9-18(5-6-22(20)38)19-10-34-17(3)35-11-19/h4-7,9-11,13,15,23H,8,12,14H2,1-3H3,(H,36,37,42). The monoisotopic (exact) mass is 642 g/mol. The molecule has 1 saturated heterocycles. The van der Waals surface area contributed by atoms with Crippen LogP contribution in [0.2, 0.25) is 0 Å². The highest BCUT2D eigenvalue weighted by atomic mass is 79.9. The Morgan fingerprint density at radius 1 is 1.07 bits per heavy atom. The largest absolute Gasteiger partial charge is 0.454 e. The van der Waals surface area contributed by atoms with Crippen molar-refractivity contribution in [3.8, 4) is 11.1 Å². The minimum absolute atomic E-state index is 0.0179. The van der Waals surface area contributed by atoms with Gasteiger partial charge in [0.25, 0.3) is 5.78 Å². The number of nitrogens with one attached hydrogen (secondary N) is 1. The Balaban J connectivity index is 1.46. The summed E-state index contributed by atoms with van der Waals surface area (Å²) in [6, 6.07) is 7.43. The molecule has 2 unspecified atom stereocenters. The van der Waals surface area contributed by atoms with Gasteiger partial charge in [0.15, 0.2) is 0 Å². The summed E-state index contributed by atoms with van der Waals surface area (Å²) in [5, 5.41) is 2.84. The fraction of sp³-hybridized carbons (Fsp3) is 0.310.